The Labute approximate surface area is 202 Å². The van der Waals surface area contributed by atoms with Gasteiger partial charge in [-0.2, -0.15) is 5.10 Å². The summed E-state index contributed by atoms with van der Waals surface area (Å²) in [4.78, 5) is 26.2. The lowest BCUT2D eigenvalue weighted by molar-refractivity contribution is -0.126. The predicted octanol–water partition coefficient (Wildman–Crippen LogP) is 1.20. The van der Waals surface area contributed by atoms with E-state index in [4.69, 9.17) is 5.11 Å². The first-order valence-electron chi connectivity index (χ1n) is 11.3. The van der Waals surface area contributed by atoms with Gasteiger partial charge in [0.05, 0.1) is 24.8 Å². The zero-order chi connectivity index (χ0) is 25.8. The summed E-state index contributed by atoms with van der Waals surface area (Å²) in [5, 5.41) is 38.6. The number of aliphatic hydroxyl groups excluding tert-OH is 3. The van der Waals surface area contributed by atoms with Gasteiger partial charge in [-0.15, -0.1) is 0 Å². The molecule has 0 aliphatic heterocycles. The van der Waals surface area contributed by atoms with Crippen LogP contribution in [0.15, 0.2) is 48.5 Å². The number of para-hydroxylation sites is 1. The Kier molecular flexibility index (Phi) is 8.21. The Hall–Kier alpha value is -3.34. The van der Waals surface area contributed by atoms with Gasteiger partial charge in [0.2, 0.25) is 5.91 Å². The molecule has 1 heterocycles. The van der Waals surface area contributed by atoms with Crippen molar-refractivity contribution in [2.75, 3.05) is 13.2 Å². The molecule has 2 amide bonds. The van der Waals surface area contributed by atoms with Crippen LogP contribution in [0.25, 0.3) is 10.9 Å². The average Bonchev–Trinajstić information content (AvgIpc) is 3.19. The quantitative estimate of drug-likeness (QED) is 0.308. The maximum atomic E-state index is 13.3. The number of nitrogens with one attached hydrogen (secondary N) is 2. The molecule has 5 N–H and O–H groups in total. The van der Waals surface area contributed by atoms with E-state index in [1.54, 1.807) is 49.7 Å². The van der Waals surface area contributed by atoms with E-state index in [0.29, 0.717) is 17.4 Å². The molecule has 0 saturated heterocycles. The second-order valence-electron chi connectivity index (χ2n) is 9.48. The number of fused-ring (bicyclic) bond motifs is 1. The van der Waals surface area contributed by atoms with E-state index in [1.165, 1.54) is 12.1 Å². The molecule has 0 aliphatic rings. The van der Waals surface area contributed by atoms with Crippen molar-refractivity contribution in [2.24, 2.45) is 5.41 Å². The molecule has 10 heteroatoms. The van der Waals surface area contributed by atoms with Gasteiger partial charge >= 0.3 is 0 Å². The Balaban J connectivity index is 1.83. The highest BCUT2D eigenvalue weighted by atomic mass is 19.1. The van der Waals surface area contributed by atoms with Crippen molar-refractivity contribution in [3.8, 4) is 0 Å². The minimum Gasteiger partial charge on any atom is -0.394 e. The van der Waals surface area contributed by atoms with Gasteiger partial charge in [0.1, 0.15) is 18.0 Å². The standard InChI is InChI=1S/C25H31FN4O5/c1-25(2,3)22(24(35)27-12-19(32)20(33)14-31)28-23(34)21-17-6-4-5-7-18(17)30(29-21)13-15-8-10-16(26)11-9-15/h4-11,19-20,22,31-33H,12-14H2,1-3H3,(H,27,35)(H,28,34)/t19-,20-,22+/m0/s1. The third-order valence-electron chi connectivity index (χ3n) is 5.64. The maximum Gasteiger partial charge on any atom is 0.273 e. The van der Waals surface area contributed by atoms with Gasteiger partial charge < -0.3 is 26.0 Å². The van der Waals surface area contributed by atoms with Crippen LogP contribution in [-0.4, -0.2) is 68.3 Å². The normalized spacial score (nSPS) is 14.4. The number of carbonyl (C=O) groups excluding carboxylic acids is 2. The van der Waals surface area contributed by atoms with E-state index < -0.39 is 42.1 Å². The molecule has 3 atom stereocenters. The summed E-state index contributed by atoms with van der Waals surface area (Å²) in [5.41, 5.74) is 0.967. The summed E-state index contributed by atoms with van der Waals surface area (Å²) in [6, 6.07) is 12.2. The molecule has 2 aromatic carbocycles. The minimum atomic E-state index is -1.39. The lowest BCUT2D eigenvalue weighted by Crippen LogP contribution is -2.55. The van der Waals surface area contributed by atoms with Crippen LogP contribution in [0.2, 0.25) is 0 Å². The molecule has 0 unspecified atom stereocenters. The largest absolute Gasteiger partial charge is 0.394 e. The Morgan fingerprint density at radius 2 is 1.71 bits per heavy atom. The SMILES string of the molecule is CC(C)(C)[C@H](NC(=O)c1nn(Cc2ccc(F)cc2)c2ccccc12)C(=O)NC[C@H](O)[C@@H](O)CO. The topological polar surface area (TPSA) is 137 Å². The van der Waals surface area contributed by atoms with Crippen LogP contribution in [0, 0.1) is 11.2 Å². The highest BCUT2D eigenvalue weighted by molar-refractivity contribution is 6.06. The predicted molar refractivity (Wildman–Crippen MR) is 128 cm³/mol. The van der Waals surface area contributed by atoms with Crippen molar-refractivity contribution in [2.45, 2.75) is 45.6 Å². The van der Waals surface area contributed by atoms with Crippen LogP contribution >= 0.6 is 0 Å². The van der Waals surface area contributed by atoms with Crippen molar-refractivity contribution in [3.63, 3.8) is 0 Å². The van der Waals surface area contributed by atoms with Crippen molar-refractivity contribution in [1.82, 2.24) is 20.4 Å². The molecule has 35 heavy (non-hydrogen) atoms. The lowest BCUT2D eigenvalue weighted by atomic mass is 9.86. The molecule has 3 aromatic rings. The maximum absolute atomic E-state index is 13.3. The van der Waals surface area contributed by atoms with Gasteiger partial charge in [-0.3, -0.25) is 14.3 Å². The Bertz CT molecular complexity index is 1170. The number of aliphatic hydroxyl groups is 3. The van der Waals surface area contributed by atoms with E-state index in [0.717, 1.165) is 5.56 Å². The van der Waals surface area contributed by atoms with Gasteiger partial charge in [0.25, 0.3) is 5.91 Å². The number of amides is 2. The Morgan fingerprint density at radius 1 is 1.06 bits per heavy atom. The van der Waals surface area contributed by atoms with Gasteiger partial charge in [-0.25, -0.2) is 4.39 Å². The second-order valence-corrected chi connectivity index (χ2v) is 9.48. The fourth-order valence-electron chi connectivity index (χ4n) is 3.62. The smallest absolute Gasteiger partial charge is 0.273 e. The average molecular weight is 487 g/mol. The number of halogens is 1. The third kappa shape index (κ3) is 6.41. The summed E-state index contributed by atoms with van der Waals surface area (Å²) < 4.78 is 14.9. The van der Waals surface area contributed by atoms with Crippen molar-refractivity contribution >= 4 is 22.7 Å². The monoisotopic (exact) mass is 486 g/mol. The molecule has 0 fully saturated rings. The molecular formula is C25H31FN4O5. The van der Waals surface area contributed by atoms with Gasteiger partial charge in [-0.1, -0.05) is 51.1 Å². The molecule has 0 aliphatic carbocycles. The van der Waals surface area contributed by atoms with E-state index >= 15 is 0 Å². The molecular weight excluding hydrogens is 455 g/mol. The van der Waals surface area contributed by atoms with Crippen LogP contribution in [0.1, 0.15) is 36.8 Å². The van der Waals surface area contributed by atoms with E-state index in [-0.39, 0.29) is 18.1 Å². The number of hydrogen-bond acceptors (Lipinski definition) is 6. The fourth-order valence-corrected chi connectivity index (χ4v) is 3.62. The molecule has 3 rings (SSSR count). The molecule has 1 aromatic heterocycles. The van der Waals surface area contributed by atoms with Crippen molar-refractivity contribution in [1.29, 1.82) is 0 Å². The highest BCUT2D eigenvalue weighted by Gasteiger charge is 2.34. The van der Waals surface area contributed by atoms with Crippen LogP contribution in [0.5, 0.6) is 0 Å². The zero-order valence-electron chi connectivity index (χ0n) is 19.9. The molecule has 9 nitrogen and oxygen atoms in total. The number of nitrogens with zero attached hydrogens (tertiary/aromatic N) is 2. The molecule has 0 radical (unpaired) electrons. The van der Waals surface area contributed by atoms with Crippen molar-refractivity contribution in [3.05, 3.63) is 65.6 Å². The Morgan fingerprint density at radius 3 is 2.34 bits per heavy atom. The zero-order valence-corrected chi connectivity index (χ0v) is 19.9. The van der Waals surface area contributed by atoms with Gasteiger partial charge in [0, 0.05) is 11.9 Å². The van der Waals surface area contributed by atoms with Crippen LogP contribution in [0.4, 0.5) is 4.39 Å². The van der Waals surface area contributed by atoms with Gasteiger partial charge in [0.15, 0.2) is 5.69 Å². The van der Waals surface area contributed by atoms with E-state index in [9.17, 15) is 24.2 Å². The first kappa shape index (κ1) is 26.3. The summed E-state index contributed by atoms with van der Waals surface area (Å²) in [5.74, 6) is -1.45. The number of carbonyl (C=O) groups is 2. The first-order valence-corrected chi connectivity index (χ1v) is 11.3. The number of hydrogen-bond donors (Lipinski definition) is 5. The van der Waals surface area contributed by atoms with Crippen LogP contribution in [0.3, 0.4) is 0 Å². The van der Waals surface area contributed by atoms with Crippen molar-refractivity contribution < 1.29 is 29.3 Å². The minimum absolute atomic E-state index is 0.139. The van der Waals surface area contributed by atoms with E-state index in [2.05, 4.69) is 15.7 Å². The number of benzene rings is 2. The molecule has 0 spiro atoms. The van der Waals surface area contributed by atoms with E-state index in [1.807, 2.05) is 12.1 Å². The summed E-state index contributed by atoms with van der Waals surface area (Å²) in [7, 11) is 0. The number of rotatable bonds is 9. The fraction of sp³-hybridized carbons (Fsp3) is 0.400. The molecule has 188 valence electrons. The second kappa shape index (κ2) is 10.9. The lowest BCUT2D eigenvalue weighted by Gasteiger charge is -2.30. The van der Waals surface area contributed by atoms with Crippen LogP contribution in [-0.2, 0) is 11.3 Å². The number of aromatic nitrogens is 2. The van der Waals surface area contributed by atoms with Crippen LogP contribution < -0.4 is 10.6 Å². The summed E-state index contributed by atoms with van der Waals surface area (Å²) in [6.07, 6.45) is -2.75. The highest BCUT2D eigenvalue weighted by Crippen LogP contribution is 2.23. The third-order valence-corrected chi connectivity index (χ3v) is 5.64. The summed E-state index contributed by atoms with van der Waals surface area (Å²) in [6.45, 7) is 4.72. The first-order chi connectivity index (χ1) is 16.5. The summed E-state index contributed by atoms with van der Waals surface area (Å²) >= 11 is 0. The molecule has 0 bridgehead atoms. The molecule has 0 saturated carbocycles. The van der Waals surface area contributed by atoms with Gasteiger partial charge in [-0.05, 0) is 29.2 Å².